The third-order valence-corrected chi connectivity index (χ3v) is 4.83. The van der Waals surface area contributed by atoms with E-state index in [2.05, 4.69) is 24.5 Å². The molecule has 2 unspecified atom stereocenters. The fourth-order valence-electron chi connectivity index (χ4n) is 3.40. The van der Waals surface area contributed by atoms with Gasteiger partial charge < -0.3 is 21.1 Å². The van der Waals surface area contributed by atoms with E-state index in [-0.39, 0.29) is 48.3 Å². The highest BCUT2D eigenvalue weighted by Gasteiger charge is 2.23. The van der Waals surface area contributed by atoms with Crippen LogP contribution in [0.15, 0.2) is 54.6 Å². The molecule has 1 amide bonds. The Balaban J connectivity index is 0.00000512. The first-order valence-electron chi connectivity index (χ1n) is 11.2. The molecule has 0 heterocycles. The molecule has 5 nitrogen and oxygen atoms in total. The maximum Gasteiger partial charge on any atom is 0.237 e. The Bertz CT molecular complexity index is 793. The Morgan fingerprint density at radius 3 is 2.12 bits per heavy atom. The van der Waals surface area contributed by atoms with Gasteiger partial charge in [0.25, 0.3) is 0 Å². The predicted molar refractivity (Wildman–Crippen MR) is 143 cm³/mol. The van der Waals surface area contributed by atoms with Gasteiger partial charge in [0.1, 0.15) is 12.4 Å². The molecular formula is C26H41Cl2N3O2. The molecule has 2 aromatic rings. The standard InChI is InChI=1S/C26H39N3O2.2ClH/c1-19(2)15-22(27)17-28-24(25(30)29-26(3,4)5)16-20-11-13-23(14-12-20)31-18-21-9-7-6-8-10-21;;/h6-14,19,22,24,28H,15-18,27H2,1-5H3,(H,29,30);2*1H. The van der Waals surface area contributed by atoms with Crippen LogP contribution in [0.5, 0.6) is 5.75 Å². The minimum Gasteiger partial charge on any atom is -0.489 e. The number of carbonyl (C=O) groups excluding carboxylic acids is 1. The van der Waals surface area contributed by atoms with E-state index in [1.165, 1.54) is 0 Å². The summed E-state index contributed by atoms with van der Waals surface area (Å²) in [7, 11) is 0. The highest BCUT2D eigenvalue weighted by Crippen LogP contribution is 2.16. The van der Waals surface area contributed by atoms with Crippen LogP contribution in [-0.2, 0) is 17.8 Å². The smallest absolute Gasteiger partial charge is 0.237 e. The van der Waals surface area contributed by atoms with Crippen LogP contribution in [0.2, 0.25) is 0 Å². The van der Waals surface area contributed by atoms with Crippen LogP contribution < -0.4 is 21.1 Å². The number of hydrogen-bond acceptors (Lipinski definition) is 4. The number of nitrogens with two attached hydrogens (primary N) is 1. The Kier molecular flexibility index (Phi) is 14.4. The Morgan fingerprint density at radius 2 is 1.58 bits per heavy atom. The average Bonchev–Trinajstić information content (AvgIpc) is 2.69. The highest BCUT2D eigenvalue weighted by atomic mass is 35.5. The van der Waals surface area contributed by atoms with Gasteiger partial charge in [-0.3, -0.25) is 4.79 Å². The molecule has 7 heteroatoms. The SMILES string of the molecule is CC(C)CC(N)CNC(Cc1ccc(OCc2ccccc2)cc1)C(=O)NC(C)(C)C.Cl.Cl. The molecule has 4 N–H and O–H groups in total. The van der Waals surface area contributed by atoms with E-state index >= 15 is 0 Å². The number of carbonyl (C=O) groups is 1. The number of benzene rings is 2. The summed E-state index contributed by atoms with van der Waals surface area (Å²) in [6, 6.07) is 17.7. The first-order chi connectivity index (χ1) is 14.6. The molecule has 2 rings (SSSR count). The number of rotatable bonds is 11. The van der Waals surface area contributed by atoms with Gasteiger partial charge >= 0.3 is 0 Å². The molecule has 0 aliphatic carbocycles. The normalized spacial score (nSPS) is 12.8. The maximum atomic E-state index is 12.9. The summed E-state index contributed by atoms with van der Waals surface area (Å²) in [6.07, 6.45) is 1.52. The summed E-state index contributed by atoms with van der Waals surface area (Å²) < 4.78 is 5.87. The molecule has 0 spiro atoms. The first kappa shape index (κ1) is 31.2. The van der Waals surface area contributed by atoms with Crippen LogP contribution in [0.25, 0.3) is 0 Å². The number of nitrogens with one attached hydrogen (secondary N) is 2. The van der Waals surface area contributed by atoms with Crippen LogP contribution in [0, 0.1) is 5.92 Å². The summed E-state index contributed by atoms with van der Waals surface area (Å²) in [6.45, 7) is 11.4. The number of amides is 1. The van der Waals surface area contributed by atoms with Crippen LogP contribution in [0.3, 0.4) is 0 Å². The lowest BCUT2D eigenvalue weighted by Gasteiger charge is -2.27. The summed E-state index contributed by atoms with van der Waals surface area (Å²) >= 11 is 0. The van der Waals surface area contributed by atoms with Crippen molar-refractivity contribution in [3.63, 3.8) is 0 Å². The fraction of sp³-hybridized carbons (Fsp3) is 0.500. The van der Waals surface area contributed by atoms with Crippen molar-refractivity contribution in [3.8, 4) is 5.75 Å². The molecule has 0 aliphatic heterocycles. The van der Waals surface area contributed by atoms with Gasteiger partial charge in [-0.05, 0) is 62.8 Å². The molecule has 2 atom stereocenters. The van der Waals surface area contributed by atoms with Crippen LogP contribution >= 0.6 is 24.8 Å². The summed E-state index contributed by atoms with van der Waals surface area (Å²) in [5.74, 6) is 1.34. The number of halogens is 2. The van der Waals surface area contributed by atoms with E-state index in [4.69, 9.17) is 10.5 Å². The lowest BCUT2D eigenvalue weighted by Crippen LogP contribution is -2.53. The zero-order valence-corrected chi connectivity index (χ0v) is 22.1. The minimum absolute atomic E-state index is 0. The molecule has 0 aliphatic rings. The van der Waals surface area contributed by atoms with Crippen molar-refractivity contribution in [2.24, 2.45) is 11.7 Å². The summed E-state index contributed by atoms with van der Waals surface area (Å²) in [5.41, 5.74) is 8.16. The van der Waals surface area contributed by atoms with Crippen molar-refractivity contribution in [1.82, 2.24) is 10.6 Å². The van der Waals surface area contributed by atoms with Crippen molar-refractivity contribution in [2.75, 3.05) is 6.54 Å². The summed E-state index contributed by atoms with van der Waals surface area (Å²) in [4.78, 5) is 12.9. The van der Waals surface area contributed by atoms with Crippen molar-refractivity contribution in [3.05, 3.63) is 65.7 Å². The molecule has 0 radical (unpaired) electrons. The van der Waals surface area contributed by atoms with Gasteiger partial charge in [0.05, 0.1) is 6.04 Å². The molecule has 0 aromatic heterocycles. The quantitative estimate of drug-likeness (QED) is 0.412. The van der Waals surface area contributed by atoms with Gasteiger partial charge in [0.15, 0.2) is 0 Å². The third kappa shape index (κ3) is 12.9. The van der Waals surface area contributed by atoms with Crippen molar-refractivity contribution >= 4 is 30.7 Å². The predicted octanol–water partition coefficient (Wildman–Crippen LogP) is 4.90. The minimum atomic E-state index is -0.339. The van der Waals surface area contributed by atoms with Gasteiger partial charge in [-0.1, -0.05) is 56.3 Å². The second-order valence-corrected chi connectivity index (χ2v) is 9.71. The fourth-order valence-corrected chi connectivity index (χ4v) is 3.40. The molecule has 0 fully saturated rings. The topological polar surface area (TPSA) is 76.4 Å². The number of hydrogen-bond donors (Lipinski definition) is 3. The molecule has 0 saturated heterocycles. The van der Waals surface area contributed by atoms with Gasteiger partial charge in [0, 0.05) is 18.1 Å². The Hall–Kier alpha value is -1.79. The van der Waals surface area contributed by atoms with E-state index in [1.807, 2.05) is 75.4 Å². The largest absolute Gasteiger partial charge is 0.489 e. The first-order valence-corrected chi connectivity index (χ1v) is 11.2. The van der Waals surface area contributed by atoms with E-state index in [1.54, 1.807) is 0 Å². The van der Waals surface area contributed by atoms with Crippen LogP contribution in [0.4, 0.5) is 0 Å². The second kappa shape index (κ2) is 15.2. The van der Waals surface area contributed by atoms with E-state index < -0.39 is 0 Å². The van der Waals surface area contributed by atoms with E-state index in [9.17, 15) is 4.79 Å². The van der Waals surface area contributed by atoms with Gasteiger partial charge in [-0.25, -0.2) is 0 Å². The monoisotopic (exact) mass is 497 g/mol. The van der Waals surface area contributed by atoms with Crippen molar-refractivity contribution < 1.29 is 9.53 Å². The van der Waals surface area contributed by atoms with Gasteiger partial charge in [0.2, 0.25) is 5.91 Å². The molecular weight excluding hydrogens is 457 g/mol. The molecule has 0 saturated carbocycles. The molecule has 186 valence electrons. The molecule has 2 aromatic carbocycles. The van der Waals surface area contributed by atoms with Crippen LogP contribution in [-0.4, -0.2) is 30.1 Å². The van der Waals surface area contributed by atoms with E-state index in [0.717, 1.165) is 23.3 Å². The zero-order chi connectivity index (χ0) is 22.9. The highest BCUT2D eigenvalue weighted by molar-refractivity contribution is 5.85. The Labute approximate surface area is 212 Å². The average molecular weight is 499 g/mol. The van der Waals surface area contributed by atoms with Crippen molar-refractivity contribution in [2.45, 2.75) is 71.7 Å². The maximum absolute atomic E-state index is 12.9. The summed E-state index contributed by atoms with van der Waals surface area (Å²) in [5, 5.41) is 6.48. The van der Waals surface area contributed by atoms with Crippen molar-refractivity contribution in [1.29, 1.82) is 0 Å². The molecule has 33 heavy (non-hydrogen) atoms. The second-order valence-electron chi connectivity index (χ2n) is 9.71. The third-order valence-electron chi connectivity index (χ3n) is 4.83. The van der Waals surface area contributed by atoms with E-state index in [0.29, 0.717) is 25.5 Å². The lowest BCUT2D eigenvalue weighted by atomic mass is 10.0. The molecule has 0 bridgehead atoms. The number of ether oxygens (including phenoxy) is 1. The van der Waals surface area contributed by atoms with Gasteiger partial charge in [-0.15, -0.1) is 24.8 Å². The zero-order valence-electron chi connectivity index (χ0n) is 20.5. The van der Waals surface area contributed by atoms with Crippen LogP contribution in [0.1, 0.15) is 52.2 Å². The lowest BCUT2D eigenvalue weighted by molar-refractivity contribution is -0.124. The van der Waals surface area contributed by atoms with Gasteiger partial charge in [-0.2, -0.15) is 0 Å². The Morgan fingerprint density at radius 1 is 0.970 bits per heavy atom.